The summed E-state index contributed by atoms with van der Waals surface area (Å²) in [4.78, 5) is 42.9. The molecular formula is C36H24F5N3O4. The Hall–Kier alpha value is -5.91. The molecule has 6 aromatic rings. The summed E-state index contributed by atoms with van der Waals surface area (Å²) in [5.41, 5.74) is -2.97. The second-order valence-electron chi connectivity index (χ2n) is 11.0. The summed E-state index contributed by atoms with van der Waals surface area (Å²) in [6.07, 6.45) is -2.54. The molecule has 0 bridgehead atoms. The van der Waals surface area contributed by atoms with Crippen LogP contribution in [0.3, 0.4) is 0 Å². The Kier molecular flexibility index (Phi) is 8.25. The summed E-state index contributed by atoms with van der Waals surface area (Å²) in [6.45, 7) is 0. The number of carboxylic acid groups (broad SMARTS) is 1. The number of fused-ring (bicyclic) bond motifs is 2. The van der Waals surface area contributed by atoms with Gasteiger partial charge in [-0.05, 0) is 57.8 Å². The molecule has 4 aromatic carbocycles. The molecule has 6 rings (SSSR count). The van der Waals surface area contributed by atoms with Gasteiger partial charge in [-0.2, -0.15) is 13.2 Å². The number of aliphatic carboxylic acids is 1. The zero-order valence-corrected chi connectivity index (χ0v) is 25.0. The average molecular weight is 658 g/mol. The highest BCUT2D eigenvalue weighted by atomic mass is 19.4. The number of aromatic nitrogens is 2. The van der Waals surface area contributed by atoms with Crippen molar-refractivity contribution in [3.8, 4) is 22.3 Å². The molecule has 2 heterocycles. The lowest BCUT2D eigenvalue weighted by Crippen LogP contribution is -2.43. The largest absolute Gasteiger partial charge is 0.480 e. The van der Waals surface area contributed by atoms with Gasteiger partial charge in [0, 0.05) is 36.8 Å². The van der Waals surface area contributed by atoms with Gasteiger partial charge >= 0.3 is 12.1 Å². The van der Waals surface area contributed by atoms with Gasteiger partial charge in [0.25, 0.3) is 11.5 Å². The Bertz CT molecular complexity index is 2300. The Morgan fingerprint density at radius 1 is 0.854 bits per heavy atom. The first-order valence-electron chi connectivity index (χ1n) is 14.5. The molecule has 1 atom stereocenters. The number of halogens is 5. The van der Waals surface area contributed by atoms with E-state index in [-0.39, 0.29) is 27.4 Å². The first-order chi connectivity index (χ1) is 22.9. The van der Waals surface area contributed by atoms with Crippen molar-refractivity contribution in [3.05, 3.63) is 136 Å². The van der Waals surface area contributed by atoms with Crippen molar-refractivity contribution in [1.82, 2.24) is 14.9 Å². The van der Waals surface area contributed by atoms with Crippen LogP contribution in [0.1, 0.15) is 21.5 Å². The van der Waals surface area contributed by atoms with Crippen molar-refractivity contribution in [1.29, 1.82) is 0 Å². The van der Waals surface area contributed by atoms with E-state index in [1.807, 2.05) is 0 Å². The number of pyridine rings is 2. The number of carbonyl (C=O) groups excluding carboxylic acids is 1. The molecule has 7 nitrogen and oxygen atoms in total. The topological polar surface area (TPSA) is 101 Å². The summed E-state index contributed by atoms with van der Waals surface area (Å²) in [5, 5.41) is 12.6. The van der Waals surface area contributed by atoms with Gasteiger partial charge in [-0.1, -0.05) is 54.6 Å². The van der Waals surface area contributed by atoms with Gasteiger partial charge in [-0.25, -0.2) is 13.6 Å². The molecule has 0 unspecified atom stereocenters. The minimum Gasteiger partial charge on any atom is -0.480 e. The number of carboxylic acids is 1. The smallest absolute Gasteiger partial charge is 0.417 e. The van der Waals surface area contributed by atoms with Gasteiger partial charge in [0.05, 0.1) is 16.6 Å². The molecule has 0 radical (unpaired) electrons. The lowest BCUT2D eigenvalue weighted by molar-refractivity contribution is -0.139. The van der Waals surface area contributed by atoms with Crippen molar-refractivity contribution in [2.75, 3.05) is 0 Å². The summed E-state index contributed by atoms with van der Waals surface area (Å²) in [6, 6.07) is 17.8. The van der Waals surface area contributed by atoms with E-state index in [4.69, 9.17) is 0 Å². The van der Waals surface area contributed by atoms with Crippen molar-refractivity contribution >= 4 is 33.6 Å². The predicted molar refractivity (Wildman–Crippen MR) is 169 cm³/mol. The number of rotatable bonds is 7. The first-order valence-corrected chi connectivity index (χ1v) is 14.5. The van der Waals surface area contributed by atoms with Crippen molar-refractivity contribution in [2.45, 2.75) is 18.6 Å². The second kappa shape index (κ2) is 12.4. The number of amides is 1. The monoisotopic (exact) mass is 657 g/mol. The Labute approximate surface area is 268 Å². The standard InChI is InChI=1S/C36H24F5N3O4/c1-44-28-11-3-2-7-25(28)31(36(39,40)41)29(34(44)46)24-10-5-8-21-20(6-4-9-23(21)24)18-27(35(47)48)43-33(45)30-26(37)13-12-22(32(30)38)19-14-16-42-17-15-19/h2-17,27H,18H2,1H3,(H,43,45)(H,47,48)/t27-/m0/s1. The van der Waals surface area contributed by atoms with Crippen LogP contribution in [0.4, 0.5) is 22.0 Å². The molecule has 0 saturated heterocycles. The molecule has 0 aliphatic heterocycles. The van der Waals surface area contributed by atoms with E-state index < -0.39 is 64.4 Å². The van der Waals surface area contributed by atoms with Crippen molar-refractivity contribution in [2.24, 2.45) is 7.05 Å². The Morgan fingerprint density at radius 3 is 2.23 bits per heavy atom. The third-order valence-corrected chi connectivity index (χ3v) is 8.21. The normalized spacial score (nSPS) is 12.3. The molecule has 0 saturated carbocycles. The minimum atomic E-state index is -4.90. The van der Waals surface area contributed by atoms with Crippen LogP contribution in [0.5, 0.6) is 0 Å². The summed E-state index contributed by atoms with van der Waals surface area (Å²) in [5.74, 6) is -5.25. The number of alkyl halides is 3. The molecule has 48 heavy (non-hydrogen) atoms. The quantitative estimate of drug-likeness (QED) is 0.178. The van der Waals surface area contributed by atoms with Crippen LogP contribution in [0.25, 0.3) is 43.9 Å². The number of nitrogens with one attached hydrogen (secondary N) is 1. The first kappa shape index (κ1) is 32.0. The van der Waals surface area contributed by atoms with Crippen LogP contribution >= 0.6 is 0 Å². The number of carbonyl (C=O) groups is 2. The molecule has 2 N–H and O–H groups in total. The maximum absolute atomic E-state index is 15.5. The van der Waals surface area contributed by atoms with E-state index in [0.717, 1.165) is 16.7 Å². The zero-order chi connectivity index (χ0) is 34.3. The van der Waals surface area contributed by atoms with Crippen LogP contribution in [0.2, 0.25) is 0 Å². The SMILES string of the molecule is Cn1c(=O)c(-c2cccc3c(C[C@H](NC(=O)c4c(F)ccc(-c5ccncc5)c4F)C(=O)O)cccc23)c(C(F)(F)F)c2ccccc21. The van der Waals surface area contributed by atoms with E-state index in [0.29, 0.717) is 16.5 Å². The van der Waals surface area contributed by atoms with Crippen LogP contribution in [-0.4, -0.2) is 32.6 Å². The van der Waals surface area contributed by atoms with Gasteiger partial charge in [0.2, 0.25) is 0 Å². The zero-order valence-electron chi connectivity index (χ0n) is 25.0. The lowest BCUT2D eigenvalue weighted by atomic mass is 9.90. The lowest BCUT2D eigenvalue weighted by Gasteiger charge is -2.20. The van der Waals surface area contributed by atoms with Crippen molar-refractivity contribution in [3.63, 3.8) is 0 Å². The molecule has 0 aliphatic rings. The number of aryl methyl sites for hydroxylation is 1. The molecule has 12 heteroatoms. The summed E-state index contributed by atoms with van der Waals surface area (Å²) >= 11 is 0. The second-order valence-corrected chi connectivity index (χ2v) is 11.0. The fourth-order valence-electron chi connectivity index (χ4n) is 5.98. The van der Waals surface area contributed by atoms with Crippen LogP contribution < -0.4 is 10.9 Å². The number of hydrogen-bond acceptors (Lipinski definition) is 4. The third-order valence-electron chi connectivity index (χ3n) is 8.21. The molecule has 1 amide bonds. The number of benzene rings is 4. The fourth-order valence-corrected chi connectivity index (χ4v) is 5.98. The third kappa shape index (κ3) is 5.65. The van der Waals surface area contributed by atoms with Gasteiger partial charge in [0.1, 0.15) is 23.2 Å². The molecule has 2 aromatic heterocycles. The van der Waals surface area contributed by atoms with Crippen LogP contribution in [-0.2, 0) is 24.4 Å². The number of hydrogen-bond donors (Lipinski definition) is 2. The molecule has 242 valence electrons. The van der Waals surface area contributed by atoms with Crippen LogP contribution in [0, 0.1) is 11.6 Å². The van der Waals surface area contributed by atoms with Crippen LogP contribution in [0.15, 0.2) is 102 Å². The minimum absolute atomic E-state index is 0.0268. The number of nitrogens with zero attached hydrogens (tertiary/aromatic N) is 2. The van der Waals surface area contributed by atoms with E-state index >= 15 is 4.39 Å². The summed E-state index contributed by atoms with van der Waals surface area (Å²) < 4.78 is 75.3. The molecular weight excluding hydrogens is 633 g/mol. The van der Waals surface area contributed by atoms with Gasteiger partial charge in [0.15, 0.2) is 0 Å². The van der Waals surface area contributed by atoms with Gasteiger partial charge in [-0.3, -0.25) is 14.6 Å². The molecule has 0 spiro atoms. The average Bonchev–Trinajstić information content (AvgIpc) is 3.05. The van der Waals surface area contributed by atoms with E-state index in [1.54, 1.807) is 6.07 Å². The molecule has 0 fully saturated rings. The van der Waals surface area contributed by atoms with E-state index in [2.05, 4.69) is 10.3 Å². The summed E-state index contributed by atoms with van der Waals surface area (Å²) in [7, 11) is 1.38. The predicted octanol–water partition coefficient (Wildman–Crippen LogP) is 7.14. The van der Waals surface area contributed by atoms with Gasteiger partial charge in [-0.15, -0.1) is 0 Å². The highest BCUT2D eigenvalue weighted by molar-refractivity contribution is 6.02. The maximum atomic E-state index is 15.5. The van der Waals surface area contributed by atoms with Crippen molar-refractivity contribution < 1.29 is 36.6 Å². The Balaban J connectivity index is 1.42. The highest BCUT2D eigenvalue weighted by Gasteiger charge is 2.38. The maximum Gasteiger partial charge on any atom is 0.417 e. The molecule has 0 aliphatic carbocycles. The number of para-hydroxylation sites is 1. The van der Waals surface area contributed by atoms with E-state index in [1.165, 1.54) is 86.2 Å². The van der Waals surface area contributed by atoms with E-state index in [9.17, 15) is 37.1 Å². The Morgan fingerprint density at radius 2 is 1.52 bits per heavy atom. The van der Waals surface area contributed by atoms with Gasteiger partial charge < -0.3 is 15.0 Å². The highest BCUT2D eigenvalue weighted by Crippen LogP contribution is 2.42. The fraction of sp³-hybridized carbons (Fsp3) is 0.111.